The van der Waals surface area contributed by atoms with E-state index in [1.807, 2.05) is 24.4 Å². The Morgan fingerprint density at radius 1 is 0.942 bits per heavy atom. The molecule has 3 aromatic heterocycles. The Hall–Kier alpha value is -4.69. The van der Waals surface area contributed by atoms with E-state index < -0.39 is 5.82 Å². The lowest BCUT2D eigenvalue weighted by Gasteiger charge is -2.38. The fourth-order valence-electron chi connectivity index (χ4n) is 7.96. The average Bonchev–Trinajstić information content (AvgIpc) is 3.95. The van der Waals surface area contributed by atoms with Crippen molar-refractivity contribution >= 4 is 28.2 Å². The van der Waals surface area contributed by atoms with Crippen LogP contribution in [0.25, 0.3) is 16.6 Å². The van der Waals surface area contributed by atoms with Gasteiger partial charge < -0.3 is 33.9 Å². The summed E-state index contributed by atoms with van der Waals surface area (Å²) in [7, 11) is 4.69. The molecule has 2 saturated heterocycles. The topological polar surface area (TPSA) is 122 Å². The maximum atomic E-state index is 15.1. The van der Waals surface area contributed by atoms with Crippen LogP contribution in [0, 0.1) is 5.82 Å². The first kappa shape index (κ1) is 34.4. The van der Waals surface area contributed by atoms with Crippen LogP contribution in [0.3, 0.4) is 0 Å². The van der Waals surface area contributed by atoms with E-state index in [-0.39, 0.29) is 30.1 Å². The van der Waals surface area contributed by atoms with Gasteiger partial charge in [-0.15, -0.1) is 5.10 Å². The highest BCUT2D eigenvalue weighted by Gasteiger charge is 2.35. The smallest absolute Gasteiger partial charge is 0.226 e. The number of benzene rings is 2. The minimum atomic E-state index is -0.484. The van der Waals surface area contributed by atoms with Crippen LogP contribution in [-0.2, 0) is 16.0 Å². The molecule has 0 bridgehead atoms. The molecule has 2 aromatic carbocycles. The number of halogens is 1. The zero-order valence-electron chi connectivity index (χ0n) is 30.3. The van der Waals surface area contributed by atoms with Crippen molar-refractivity contribution in [3.05, 3.63) is 59.9 Å². The van der Waals surface area contributed by atoms with Gasteiger partial charge in [-0.1, -0.05) is 0 Å². The molecule has 5 aromatic rings. The van der Waals surface area contributed by atoms with Crippen molar-refractivity contribution in [2.75, 3.05) is 44.7 Å². The van der Waals surface area contributed by atoms with Crippen molar-refractivity contribution in [3.8, 4) is 17.2 Å². The van der Waals surface area contributed by atoms with Gasteiger partial charge in [0.25, 0.3) is 0 Å². The second kappa shape index (κ2) is 14.7. The molecular weight excluding hydrogens is 667 g/mol. The number of hydrogen-bond donors (Lipinski definition) is 1. The highest BCUT2D eigenvalue weighted by Crippen LogP contribution is 2.38. The maximum absolute atomic E-state index is 15.1. The quantitative estimate of drug-likeness (QED) is 0.158. The first-order valence-corrected chi connectivity index (χ1v) is 18.4. The van der Waals surface area contributed by atoms with Gasteiger partial charge in [-0.05, 0) is 76.5 Å². The Morgan fingerprint density at radius 3 is 2.63 bits per heavy atom. The Morgan fingerprint density at radius 2 is 1.83 bits per heavy atom. The Bertz CT molecular complexity index is 2030. The number of piperidine rings is 1. The molecule has 1 saturated carbocycles. The van der Waals surface area contributed by atoms with E-state index in [1.54, 1.807) is 24.8 Å². The fourth-order valence-corrected chi connectivity index (χ4v) is 7.96. The molecule has 52 heavy (non-hydrogen) atoms. The molecule has 3 aliphatic rings. The van der Waals surface area contributed by atoms with E-state index in [9.17, 15) is 0 Å². The third kappa shape index (κ3) is 6.69. The van der Waals surface area contributed by atoms with Crippen molar-refractivity contribution in [1.29, 1.82) is 0 Å². The molecule has 5 atom stereocenters. The fraction of sp³-hybridized carbons (Fsp3) is 0.526. The van der Waals surface area contributed by atoms with Gasteiger partial charge in [0.1, 0.15) is 11.5 Å². The van der Waals surface area contributed by atoms with Gasteiger partial charge in [-0.25, -0.2) is 14.4 Å². The van der Waals surface area contributed by atoms with Gasteiger partial charge in [0.2, 0.25) is 5.95 Å². The molecule has 1 N–H and O–H groups in total. The SMILES string of the molecule is COc1ccc(CNc2nc3cc(OC)c(F)cc3c3nc(C4CCC(C)N(c5cnn(C6CCCC6OC6CCCCO6)c5)C4)nn23)c(OC)c1. The number of nitrogens with one attached hydrogen (secondary N) is 1. The summed E-state index contributed by atoms with van der Waals surface area (Å²) in [5.41, 5.74) is 3.06. The first-order valence-electron chi connectivity index (χ1n) is 18.4. The van der Waals surface area contributed by atoms with E-state index in [1.165, 1.54) is 13.2 Å². The number of ether oxygens (including phenoxy) is 5. The molecule has 0 radical (unpaired) electrons. The van der Waals surface area contributed by atoms with Crippen molar-refractivity contribution in [3.63, 3.8) is 0 Å². The van der Waals surface area contributed by atoms with Crippen molar-refractivity contribution in [2.24, 2.45) is 0 Å². The number of nitrogens with zero attached hydrogens (tertiary/aromatic N) is 7. The molecular formula is C38H47FN8O5. The van der Waals surface area contributed by atoms with Gasteiger partial charge in [0.15, 0.2) is 29.3 Å². The van der Waals surface area contributed by atoms with Gasteiger partial charge in [0.05, 0.1) is 50.9 Å². The third-order valence-corrected chi connectivity index (χ3v) is 10.9. The Balaban J connectivity index is 1.07. The molecule has 0 spiro atoms. The second-order valence-electron chi connectivity index (χ2n) is 14.1. The van der Waals surface area contributed by atoms with Crippen molar-refractivity contribution in [1.82, 2.24) is 29.4 Å². The summed E-state index contributed by atoms with van der Waals surface area (Å²) in [5, 5.41) is 13.9. The largest absolute Gasteiger partial charge is 0.497 e. The van der Waals surface area contributed by atoms with Crippen LogP contribution in [0.15, 0.2) is 42.7 Å². The Kier molecular flexibility index (Phi) is 9.75. The normalized spacial score (nSPS) is 23.7. The van der Waals surface area contributed by atoms with E-state index in [0.29, 0.717) is 52.4 Å². The first-order chi connectivity index (χ1) is 25.4. The molecule has 8 rings (SSSR count). The third-order valence-electron chi connectivity index (χ3n) is 10.9. The summed E-state index contributed by atoms with van der Waals surface area (Å²) in [6.07, 6.45) is 12.4. The van der Waals surface area contributed by atoms with Crippen LogP contribution < -0.4 is 24.4 Å². The summed E-state index contributed by atoms with van der Waals surface area (Å²) in [6, 6.07) is 9.21. The minimum absolute atomic E-state index is 0.0399. The highest BCUT2D eigenvalue weighted by atomic mass is 19.1. The van der Waals surface area contributed by atoms with Gasteiger partial charge in [-0.2, -0.15) is 9.61 Å². The predicted molar refractivity (Wildman–Crippen MR) is 194 cm³/mol. The molecule has 1 aliphatic carbocycles. The van der Waals surface area contributed by atoms with Crippen LogP contribution >= 0.6 is 0 Å². The lowest BCUT2D eigenvalue weighted by molar-refractivity contribution is -0.193. The molecule has 14 heteroatoms. The zero-order valence-corrected chi connectivity index (χ0v) is 30.3. The molecule has 2 aliphatic heterocycles. The van der Waals surface area contributed by atoms with Crippen molar-refractivity contribution < 1.29 is 28.1 Å². The number of fused-ring (bicyclic) bond motifs is 3. The average molecular weight is 715 g/mol. The van der Waals surface area contributed by atoms with Crippen LogP contribution in [0.5, 0.6) is 17.2 Å². The van der Waals surface area contributed by atoms with Crippen LogP contribution in [0.4, 0.5) is 16.0 Å². The molecule has 13 nitrogen and oxygen atoms in total. The van der Waals surface area contributed by atoms with Crippen LogP contribution in [-0.4, -0.2) is 82.3 Å². The van der Waals surface area contributed by atoms with Gasteiger partial charge in [0, 0.05) is 60.9 Å². The van der Waals surface area contributed by atoms with Crippen LogP contribution in [0.1, 0.15) is 81.6 Å². The van der Waals surface area contributed by atoms with E-state index >= 15 is 4.39 Å². The Labute approximate surface area is 302 Å². The highest BCUT2D eigenvalue weighted by molar-refractivity contribution is 5.93. The van der Waals surface area contributed by atoms with E-state index in [0.717, 1.165) is 75.8 Å². The molecule has 3 fully saturated rings. The lowest BCUT2D eigenvalue weighted by atomic mass is 9.92. The monoisotopic (exact) mass is 714 g/mol. The summed E-state index contributed by atoms with van der Waals surface area (Å²) >= 11 is 0. The molecule has 276 valence electrons. The van der Waals surface area contributed by atoms with Crippen LogP contribution in [0.2, 0.25) is 0 Å². The number of methoxy groups -OCH3 is 3. The second-order valence-corrected chi connectivity index (χ2v) is 14.1. The zero-order chi connectivity index (χ0) is 35.8. The summed E-state index contributed by atoms with van der Waals surface area (Å²) < 4.78 is 47.5. The summed E-state index contributed by atoms with van der Waals surface area (Å²) in [5.74, 6) is 2.22. The standard InChI is InChI=1S/C38H47FN8O5/c1-23-11-12-25(21-45(23)26-20-41-46(22-26)31-8-7-9-32(31)52-35-10-5-6-15-51-35)36-43-37-28-17-29(39)34(50-4)18-30(28)42-38(47(37)44-36)40-19-24-13-14-27(48-2)16-33(24)49-3/h13-14,16-18,20,22-23,25,31-32,35H,5-12,15,19,21H2,1-4H3,(H,40,42). The molecule has 0 amide bonds. The minimum Gasteiger partial charge on any atom is -0.497 e. The number of anilines is 2. The number of aromatic nitrogens is 6. The summed E-state index contributed by atoms with van der Waals surface area (Å²) in [6.45, 7) is 4.16. The number of rotatable bonds is 11. The molecule has 5 unspecified atom stereocenters. The maximum Gasteiger partial charge on any atom is 0.226 e. The van der Waals surface area contributed by atoms with Gasteiger partial charge >= 0.3 is 0 Å². The van der Waals surface area contributed by atoms with Gasteiger partial charge in [-0.3, -0.25) is 4.68 Å². The van der Waals surface area contributed by atoms with Crippen molar-refractivity contribution in [2.45, 2.75) is 95.2 Å². The molecule has 5 heterocycles. The lowest BCUT2D eigenvalue weighted by Crippen LogP contribution is -2.41. The number of hydrogen-bond acceptors (Lipinski definition) is 11. The predicted octanol–water partition coefficient (Wildman–Crippen LogP) is 6.66. The summed E-state index contributed by atoms with van der Waals surface area (Å²) in [4.78, 5) is 12.3. The van der Waals surface area contributed by atoms with E-state index in [2.05, 4.69) is 28.0 Å². The van der Waals surface area contributed by atoms with E-state index in [4.69, 9.17) is 43.8 Å².